The molecule has 3 heterocycles. The maximum absolute atomic E-state index is 2.45. The molecule has 3 heteroatoms. The molecule has 0 saturated heterocycles. The van der Waals surface area contributed by atoms with E-state index in [9.17, 15) is 0 Å². The molecule has 1 aliphatic heterocycles. The van der Waals surface area contributed by atoms with E-state index in [4.69, 9.17) is 0 Å². The summed E-state index contributed by atoms with van der Waals surface area (Å²) in [6.45, 7) is 2.29. The molecule has 0 spiro atoms. The van der Waals surface area contributed by atoms with Crippen molar-refractivity contribution in [3.05, 3.63) is 169 Å². The number of anilines is 2. The summed E-state index contributed by atoms with van der Waals surface area (Å²) in [5.41, 5.74) is 9.94. The number of para-hydroxylation sites is 3. The molecule has 1 atom stereocenters. The monoisotopic (exact) mass is 608 g/mol. The van der Waals surface area contributed by atoms with E-state index in [1.807, 2.05) is 11.3 Å². The van der Waals surface area contributed by atoms with E-state index in [1.54, 1.807) is 0 Å². The summed E-state index contributed by atoms with van der Waals surface area (Å²) in [4.78, 5) is 2.45. The molecule has 0 unspecified atom stereocenters. The molecule has 0 radical (unpaired) electrons. The van der Waals surface area contributed by atoms with Crippen LogP contribution in [0.1, 0.15) is 18.1 Å². The van der Waals surface area contributed by atoms with Gasteiger partial charge in [0, 0.05) is 54.0 Å². The second-order valence-corrected chi connectivity index (χ2v) is 13.2. The molecule has 0 N–H and O–H groups in total. The van der Waals surface area contributed by atoms with Crippen molar-refractivity contribution in [2.45, 2.75) is 19.4 Å². The predicted octanol–water partition coefficient (Wildman–Crippen LogP) is 11.9. The van der Waals surface area contributed by atoms with Gasteiger partial charge in [-0.1, -0.05) is 97.1 Å². The van der Waals surface area contributed by atoms with Gasteiger partial charge in [-0.3, -0.25) is 0 Å². The Morgan fingerprint density at radius 2 is 1.33 bits per heavy atom. The van der Waals surface area contributed by atoms with Crippen molar-refractivity contribution in [1.82, 2.24) is 4.57 Å². The first-order valence-corrected chi connectivity index (χ1v) is 16.8. The normalized spacial score (nSPS) is 17.0. The van der Waals surface area contributed by atoms with Crippen molar-refractivity contribution in [2.24, 2.45) is 0 Å². The van der Waals surface area contributed by atoms with Gasteiger partial charge in [0.2, 0.25) is 0 Å². The lowest BCUT2D eigenvalue weighted by molar-refractivity contribution is 0.860. The zero-order valence-corrected chi connectivity index (χ0v) is 26.4. The fourth-order valence-corrected chi connectivity index (χ4v) is 8.30. The van der Waals surface area contributed by atoms with Crippen LogP contribution in [0.3, 0.4) is 0 Å². The average molecular weight is 609 g/mol. The highest BCUT2D eigenvalue weighted by atomic mass is 32.1. The third kappa shape index (κ3) is 4.39. The highest BCUT2D eigenvalue weighted by molar-refractivity contribution is 7.25. The van der Waals surface area contributed by atoms with Gasteiger partial charge < -0.3 is 9.47 Å². The molecule has 2 aromatic heterocycles. The maximum atomic E-state index is 2.45. The molecule has 0 aliphatic carbocycles. The Labute approximate surface area is 272 Å². The minimum atomic E-state index is 0.179. The van der Waals surface area contributed by atoms with Gasteiger partial charge in [0.1, 0.15) is 0 Å². The van der Waals surface area contributed by atoms with E-state index in [-0.39, 0.29) is 6.04 Å². The lowest BCUT2D eigenvalue weighted by Crippen LogP contribution is -2.27. The highest BCUT2D eigenvalue weighted by Gasteiger charge is 2.20. The number of benzene rings is 6. The molecule has 0 amide bonds. The standard InChI is InChI=1S/C43H32N2S/c1-29-19-20-30(21-22-31-11-5-8-16-39(31)44(29)33-12-3-2-4-13-33)32-23-25-41-37(27-32)35-14-6-9-17-40(35)45(41)34-24-26-43-38(28-34)36-15-7-10-18-42(36)46-43/h2-21,23-29H,22H2,1H3/b20-19-,30-21+/t29-/m0/s1. The number of thiophene rings is 1. The molecular weight excluding hydrogens is 577 g/mol. The summed E-state index contributed by atoms with van der Waals surface area (Å²) in [7, 11) is 0. The Morgan fingerprint density at radius 3 is 2.24 bits per heavy atom. The van der Waals surface area contributed by atoms with Crippen LogP contribution in [0.4, 0.5) is 11.4 Å². The number of nitrogens with zero attached hydrogens (tertiary/aromatic N) is 2. The molecule has 9 rings (SSSR count). The van der Waals surface area contributed by atoms with Crippen LogP contribution in [0.25, 0.3) is 53.2 Å². The summed E-state index contributed by atoms with van der Waals surface area (Å²) in [6.07, 6.45) is 7.92. The quantitative estimate of drug-likeness (QED) is 0.194. The summed E-state index contributed by atoms with van der Waals surface area (Å²) < 4.78 is 5.10. The van der Waals surface area contributed by atoms with Crippen LogP contribution in [-0.4, -0.2) is 10.6 Å². The van der Waals surface area contributed by atoms with Gasteiger partial charge in [0.05, 0.1) is 11.0 Å². The van der Waals surface area contributed by atoms with Crippen LogP contribution >= 0.6 is 11.3 Å². The molecular formula is C43H32N2S. The average Bonchev–Trinajstić information content (AvgIpc) is 3.66. The van der Waals surface area contributed by atoms with Gasteiger partial charge >= 0.3 is 0 Å². The van der Waals surface area contributed by atoms with E-state index in [2.05, 4.69) is 174 Å². The van der Waals surface area contributed by atoms with Gasteiger partial charge in [-0.05, 0) is 90.7 Å². The molecule has 6 aromatic carbocycles. The summed E-state index contributed by atoms with van der Waals surface area (Å²) >= 11 is 1.87. The summed E-state index contributed by atoms with van der Waals surface area (Å²) in [6, 6.07) is 51.2. The van der Waals surface area contributed by atoms with E-state index in [0.29, 0.717) is 0 Å². The zero-order chi connectivity index (χ0) is 30.6. The van der Waals surface area contributed by atoms with E-state index < -0.39 is 0 Å². The highest BCUT2D eigenvalue weighted by Crippen LogP contribution is 2.39. The first-order chi connectivity index (χ1) is 22.7. The maximum Gasteiger partial charge on any atom is 0.0541 e. The Balaban J connectivity index is 1.18. The molecule has 220 valence electrons. The summed E-state index contributed by atoms with van der Waals surface area (Å²) in [5, 5.41) is 5.20. The Hall–Kier alpha value is -5.38. The fourth-order valence-electron chi connectivity index (χ4n) is 7.22. The fraction of sp³-hybridized carbons (Fsp3) is 0.0698. The Bertz CT molecular complexity index is 2480. The molecule has 1 aliphatic rings. The second kappa shape index (κ2) is 10.9. The van der Waals surface area contributed by atoms with Gasteiger partial charge in [0.15, 0.2) is 0 Å². The zero-order valence-electron chi connectivity index (χ0n) is 25.6. The van der Waals surface area contributed by atoms with Crippen molar-refractivity contribution >= 4 is 70.3 Å². The Morgan fingerprint density at radius 1 is 0.587 bits per heavy atom. The smallest absolute Gasteiger partial charge is 0.0541 e. The third-order valence-corrected chi connectivity index (χ3v) is 10.6. The van der Waals surface area contributed by atoms with Crippen LogP contribution < -0.4 is 4.90 Å². The first kappa shape index (κ1) is 27.0. The predicted molar refractivity (Wildman–Crippen MR) is 199 cm³/mol. The van der Waals surface area contributed by atoms with Gasteiger partial charge in [-0.2, -0.15) is 0 Å². The van der Waals surface area contributed by atoms with E-state index in [1.165, 1.54) is 75.7 Å². The van der Waals surface area contributed by atoms with Crippen molar-refractivity contribution < 1.29 is 0 Å². The first-order valence-electron chi connectivity index (χ1n) is 16.0. The molecule has 0 bridgehead atoms. The van der Waals surface area contributed by atoms with Crippen molar-refractivity contribution in [1.29, 1.82) is 0 Å². The molecule has 2 nitrogen and oxygen atoms in total. The lowest BCUT2D eigenvalue weighted by Gasteiger charge is -2.31. The minimum Gasteiger partial charge on any atom is -0.335 e. The molecule has 0 saturated carbocycles. The van der Waals surface area contributed by atoms with Gasteiger partial charge in [-0.25, -0.2) is 0 Å². The number of fused-ring (bicyclic) bond motifs is 7. The largest absolute Gasteiger partial charge is 0.335 e. The number of aromatic nitrogens is 1. The topological polar surface area (TPSA) is 8.17 Å². The van der Waals surface area contributed by atoms with Gasteiger partial charge in [0.25, 0.3) is 0 Å². The summed E-state index contributed by atoms with van der Waals surface area (Å²) in [5.74, 6) is 0. The molecule has 0 fully saturated rings. The van der Waals surface area contributed by atoms with Crippen molar-refractivity contribution in [3.8, 4) is 5.69 Å². The van der Waals surface area contributed by atoms with Crippen LogP contribution in [0.5, 0.6) is 0 Å². The van der Waals surface area contributed by atoms with E-state index in [0.717, 1.165) is 6.42 Å². The number of allylic oxidation sites excluding steroid dienone is 3. The van der Waals surface area contributed by atoms with E-state index >= 15 is 0 Å². The number of rotatable bonds is 3. The second-order valence-electron chi connectivity index (χ2n) is 12.2. The number of hydrogen-bond acceptors (Lipinski definition) is 2. The third-order valence-electron chi connectivity index (χ3n) is 9.41. The minimum absolute atomic E-state index is 0.179. The molecule has 8 aromatic rings. The lowest BCUT2D eigenvalue weighted by atomic mass is 9.99. The van der Waals surface area contributed by atoms with Crippen LogP contribution in [-0.2, 0) is 6.42 Å². The van der Waals surface area contributed by atoms with Crippen LogP contribution in [0.15, 0.2) is 158 Å². The van der Waals surface area contributed by atoms with Crippen molar-refractivity contribution in [3.63, 3.8) is 0 Å². The van der Waals surface area contributed by atoms with Gasteiger partial charge in [-0.15, -0.1) is 11.3 Å². The SMILES string of the molecule is C[C@H]1/C=C\C(c2ccc3c(c2)c2ccccc2n3-c2ccc3sc4ccccc4c3c2)=C/Cc2ccccc2N1c1ccccc1. The Kier molecular flexibility index (Phi) is 6.39. The number of hydrogen-bond donors (Lipinski definition) is 0. The molecule has 46 heavy (non-hydrogen) atoms. The van der Waals surface area contributed by atoms with Crippen LogP contribution in [0, 0.1) is 0 Å². The van der Waals surface area contributed by atoms with Crippen LogP contribution in [0.2, 0.25) is 0 Å². The van der Waals surface area contributed by atoms with Crippen molar-refractivity contribution in [2.75, 3.05) is 4.90 Å².